The molecule has 2 amide bonds. The third-order valence-corrected chi connectivity index (χ3v) is 4.67. The molecule has 1 fully saturated rings. The minimum atomic E-state index is -0.268. The third-order valence-electron chi connectivity index (χ3n) is 4.67. The molecule has 1 aromatic rings. The van der Waals surface area contributed by atoms with Gasteiger partial charge in [-0.3, -0.25) is 9.59 Å². The van der Waals surface area contributed by atoms with Gasteiger partial charge in [-0.15, -0.1) is 0 Å². The highest BCUT2D eigenvalue weighted by molar-refractivity contribution is 5.97. The van der Waals surface area contributed by atoms with Crippen LogP contribution >= 0.6 is 0 Å². The maximum Gasteiger partial charge on any atom is 0.229 e. The second kappa shape index (κ2) is 6.73. The van der Waals surface area contributed by atoms with E-state index < -0.39 is 0 Å². The normalized spacial score (nSPS) is 19.8. The van der Waals surface area contributed by atoms with Gasteiger partial charge in [-0.05, 0) is 50.8 Å². The van der Waals surface area contributed by atoms with Crippen molar-refractivity contribution in [3.8, 4) is 0 Å². The van der Waals surface area contributed by atoms with Gasteiger partial charge >= 0.3 is 0 Å². The van der Waals surface area contributed by atoms with E-state index in [2.05, 4.69) is 31.3 Å². The third kappa shape index (κ3) is 4.12. The Morgan fingerprint density at radius 2 is 1.91 bits per heavy atom. The van der Waals surface area contributed by atoms with Crippen molar-refractivity contribution >= 4 is 17.5 Å². The summed E-state index contributed by atoms with van der Waals surface area (Å²) in [5, 5.41) is 2.94. The summed E-state index contributed by atoms with van der Waals surface area (Å²) < 4.78 is 0. The first-order valence-corrected chi connectivity index (χ1v) is 8.43. The van der Waals surface area contributed by atoms with Gasteiger partial charge in [-0.1, -0.05) is 26.0 Å². The van der Waals surface area contributed by atoms with Crippen molar-refractivity contribution in [2.75, 3.05) is 11.9 Å². The highest BCUT2D eigenvalue weighted by Crippen LogP contribution is 2.27. The summed E-state index contributed by atoms with van der Waals surface area (Å²) in [6.07, 6.45) is 1.40. The molecule has 0 aliphatic carbocycles. The number of nitrogens with zero attached hydrogens (tertiary/aromatic N) is 1. The summed E-state index contributed by atoms with van der Waals surface area (Å²) >= 11 is 0. The first-order valence-electron chi connectivity index (χ1n) is 8.43. The Morgan fingerprint density at radius 1 is 1.30 bits per heavy atom. The molecule has 1 heterocycles. The lowest BCUT2D eigenvalue weighted by atomic mass is 9.98. The molecule has 1 saturated heterocycles. The van der Waals surface area contributed by atoms with E-state index in [-0.39, 0.29) is 23.3 Å². The summed E-state index contributed by atoms with van der Waals surface area (Å²) in [6.45, 7) is 10.9. The molecular formula is C19H28N2O2. The quantitative estimate of drug-likeness (QED) is 0.919. The smallest absolute Gasteiger partial charge is 0.229 e. The Hall–Kier alpha value is -1.84. The predicted octanol–water partition coefficient (Wildman–Crippen LogP) is 3.79. The molecule has 1 aromatic carbocycles. The molecule has 126 valence electrons. The van der Waals surface area contributed by atoms with Crippen LogP contribution in [0.15, 0.2) is 24.3 Å². The molecule has 23 heavy (non-hydrogen) atoms. The van der Waals surface area contributed by atoms with Gasteiger partial charge in [0.2, 0.25) is 11.8 Å². The van der Waals surface area contributed by atoms with Gasteiger partial charge < -0.3 is 10.2 Å². The van der Waals surface area contributed by atoms with E-state index >= 15 is 0 Å². The molecule has 1 N–H and O–H groups in total. The van der Waals surface area contributed by atoms with Crippen LogP contribution in [0.3, 0.4) is 0 Å². The number of carbonyl (C=O) groups is 2. The zero-order valence-electron chi connectivity index (χ0n) is 14.8. The minimum absolute atomic E-state index is 0.0600. The number of hydrogen-bond acceptors (Lipinski definition) is 2. The number of anilines is 1. The maximum absolute atomic E-state index is 12.4. The van der Waals surface area contributed by atoms with E-state index in [1.807, 2.05) is 32.9 Å². The molecule has 0 aromatic heterocycles. The molecule has 2 atom stereocenters. The molecule has 4 nitrogen and oxygen atoms in total. The molecule has 4 heteroatoms. The Morgan fingerprint density at radius 3 is 2.39 bits per heavy atom. The average Bonchev–Trinajstić information content (AvgIpc) is 2.89. The van der Waals surface area contributed by atoms with Crippen molar-refractivity contribution in [2.24, 2.45) is 5.92 Å². The second-order valence-corrected chi connectivity index (χ2v) is 7.50. The van der Waals surface area contributed by atoms with Gasteiger partial charge in [-0.2, -0.15) is 0 Å². The Balaban J connectivity index is 1.99. The fourth-order valence-corrected chi connectivity index (χ4v) is 2.91. The van der Waals surface area contributed by atoms with Crippen LogP contribution in [0.5, 0.6) is 0 Å². The summed E-state index contributed by atoms with van der Waals surface area (Å²) in [4.78, 5) is 26.3. The predicted molar refractivity (Wildman–Crippen MR) is 93.4 cm³/mol. The molecule has 1 aliphatic heterocycles. The lowest BCUT2D eigenvalue weighted by Crippen LogP contribution is -2.42. The first-order chi connectivity index (χ1) is 10.7. The fourth-order valence-electron chi connectivity index (χ4n) is 2.91. The summed E-state index contributed by atoms with van der Waals surface area (Å²) in [5.74, 6) is 0.245. The van der Waals surface area contributed by atoms with Gasteiger partial charge in [0.05, 0.1) is 5.92 Å². The van der Waals surface area contributed by atoms with Crippen molar-refractivity contribution in [3.05, 3.63) is 29.8 Å². The molecule has 2 rings (SSSR count). The first kappa shape index (κ1) is 17.5. The maximum atomic E-state index is 12.4. The van der Waals surface area contributed by atoms with E-state index in [1.54, 1.807) is 4.90 Å². The number of likely N-dealkylation sites (tertiary alicyclic amines) is 1. The van der Waals surface area contributed by atoms with E-state index in [9.17, 15) is 9.59 Å². The number of amides is 2. The van der Waals surface area contributed by atoms with E-state index in [0.29, 0.717) is 18.9 Å². The molecule has 2 unspecified atom stereocenters. The topological polar surface area (TPSA) is 49.4 Å². The van der Waals surface area contributed by atoms with Gasteiger partial charge in [0.25, 0.3) is 0 Å². The second-order valence-electron chi connectivity index (χ2n) is 7.50. The van der Waals surface area contributed by atoms with Crippen molar-refractivity contribution in [1.82, 2.24) is 4.90 Å². The van der Waals surface area contributed by atoms with Crippen LogP contribution < -0.4 is 5.32 Å². The van der Waals surface area contributed by atoms with Crippen molar-refractivity contribution in [3.63, 3.8) is 0 Å². The minimum Gasteiger partial charge on any atom is -0.337 e. The fraction of sp³-hybridized carbons (Fsp3) is 0.579. The van der Waals surface area contributed by atoms with Gasteiger partial charge in [-0.25, -0.2) is 0 Å². The Bertz CT molecular complexity index is 572. The highest BCUT2D eigenvalue weighted by atomic mass is 16.2. The summed E-state index contributed by atoms with van der Waals surface area (Å²) in [6, 6.07) is 8.01. The van der Waals surface area contributed by atoms with Crippen molar-refractivity contribution < 1.29 is 9.59 Å². The largest absolute Gasteiger partial charge is 0.337 e. The van der Waals surface area contributed by atoms with Crippen LogP contribution in [0.2, 0.25) is 0 Å². The number of carbonyl (C=O) groups excluding carboxylic acids is 2. The SMILES string of the molecule is CCC(C)c1ccc(NC(=O)C2CC(=O)N(C(C)(C)C)C2)cc1. The number of nitrogens with one attached hydrogen (secondary N) is 1. The Kier molecular flexibility index (Phi) is 5.12. The molecule has 0 saturated carbocycles. The van der Waals surface area contributed by atoms with Crippen LogP contribution in [-0.2, 0) is 9.59 Å². The van der Waals surface area contributed by atoms with Crippen LogP contribution in [-0.4, -0.2) is 28.8 Å². The van der Waals surface area contributed by atoms with Crippen LogP contribution in [0.4, 0.5) is 5.69 Å². The van der Waals surface area contributed by atoms with Crippen LogP contribution in [0.25, 0.3) is 0 Å². The van der Waals surface area contributed by atoms with Crippen LogP contribution in [0.1, 0.15) is 58.9 Å². The molecule has 0 spiro atoms. The van der Waals surface area contributed by atoms with E-state index in [0.717, 1.165) is 12.1 Å². The molecule has 1 aliphatic rings. The highest BCUT2D eigenvalue weighted by Gasteiger charge is 2.39. The molecule has 0 radical (unpaired) electrons. The van der Waals surface area contributed by atoms with Crippen molar-refractivity contribution in [2.45, 2.75) is 58.9 Å². The van der Waals surface area contributed by atoms with E-state index in [1.165, 1.54) is 5.56 Å². The van der Waals surface area contributed by atoms with E-state index in [4.69, 9.17) is 0 Å². The van der Waals surface area contributed by atoms with Gasteiger partial charge in [0, 0.05) is 24.2 Å². The summed E-state index contributed by atoms with van der Waals surface area (Å²) in [5.41, 5.74) is 1.84. The zero-order chi connectivity index (χ0) is 17.2. The standard InChI is InChI=1S/C19H28N2O2/c1-6-13(2)14-7-9-16(10-8-14)20-18(23)15-11-17(22)21(12-15)19(3,4)5/h7-10,13,15H,6,11-12H2,1-5H3,(H,20,23). The zero-order valence-corrected chi connectivity index (χ0v) is 14.8. The van der Waals surface area contributed by atoms with Gasteiger partial charge in [0.15, 0.2) is 0 Å². The molecule has 0 bridgehead atoms. The Labute approximate surface area is 139 Å². The summed E-state index contributed by atoms with van der Waals surface area (Å²) in [7, 11) is 0. The average molecular weight is 316 g/mol. The number of hydrogen-bond donors (Lipinski definition) is 1. The lowest BCUT2D eigenvalue weighted by Gasteiger charge is -2.31. The number of benzene rings is 1. The monoisotopic (exact) mass is 316 g/mol. The van der Waals surface area contributed by atoms with Crippen LogP contribution in [0, 0.1) is 5.92 Å². The molecular weight excluding hydrogens is 288 g/mol. The van der Waals surface area contributed by atoms with Gasteiger partial charge in [0.1, 0.15) is 0 Å². The lowest BCUT2D eigenvalue weighted by molar-refractivity contribution is -0.131. The van der Waals surface area contributed by atoms with Crippen molar-refractivity contribution in [1.29, 1.82) is 0 Å². The number of rotatable bonds is 4.